The van der Waals surface area contributed by atoms with Crippen molar-refractivity contribution in [3.8, 4) is 5.75 Å². The largest absolute Gasteiger partial charge is 0.506 e. The molecule has 0 heterocycles. The van der Waals surface area contributed by atoms with Crippen LogP contribution in [0.15, 0.2) is 42.5 Å². The fraction of sp³-hybridized carbons (Fsp3) is 0.0714. The predicted molar refractivity (Wildman–Crippen MR) is 75.4 cm³/mol. The smallest absolute Gasteiger partial charge is 0.248 e. The Labute approximate surface area is 115 Å². The van der Waals surface area contributed by atoms with Crippen LogP contribution in [-0.2, 0) is 6.54 Å². The second-order valence-electron chi connectivity index (χ2n) is 4.08. The maximum Gasteiger partial charge on any atom is 0.248 e. The van der Waals surface area contributed by atoms with Gasteiger partial charge in [-0.25, -0.2) is 0 Å². The predicted octanol–water partition coefficient (Wildman–Crippen LogP) is 2.76. The van der Waals surface area contributed by atoms with Crippen LogP contribution in [0.25, 0.3) is 0 Å². The molecule has 2 rings (SSSR count). The first kappa shape index (κ1) is 13.2. The Morgan fingerprint density at radius 2 is 1.89 bits per heavy atom. The molecule has 5 heteroatoms. The normalized spacial score (nSPS) is 10.2. The molecule has 0 spiro atoms. The maximum atomic E-state index is 10.9. The second-order valence-corrected chi connectivity index (χ2v) is 4.49. The fourth-order valence-corrected chi connectivity index (χ4v) is 1.79. The lowest BCUT2D eigenvalue weighted by atomic mass is 10.1. The molecule has 0 aromatic heterocycles. The summed E-state index contributed by atoms with van der Waals surface area (Å²) in [5.74, 6) is -0.386. The van der Waals surface area contributed by atoms with Gasteiger partial charge in [-0.1, -0.05) is 23.7 Å². The first-order chi connectivity index (χ1) is 9.06. The average Bonchev–Trinajstić information content (AvgIpc) is 2.40. The number of carbonyl (C=O) groups excluding carboxylic acids is 1. The van der Waals surface area contributed by atoms with Crippen molar-refractivity contribution in [2.75, 3.05) is 5.32 Å². The van der Waals surface area contributed by atoms with Crippen molar-refractivity contribution in [2.45, 2.75) is 6.54 Å². The number of phenols is 1. The molecule has 0 saturated heterocycles. The summed E-state index contributed by atoms with van der Waals surface area (Å²) in [4.78, 5) is 10.9. The standard InChI is InChI=1S/C14H13ClN2O2/c15-12-7-11(5-6-13(12)18)17-8-9-1-3-10(4-2-9)14(16)19/h1-7,17-18H,8H2,(H2,16,19). The number of hydrogen-bond donors (Lipinski definition) is 3. The van der Waals surface area contributed by atoms with Crippen molar-refractivity contribution in [3.63, 3.8) is 0 Å². The fourth-order valence-electron chi connectivity index (χ4n) is 1.61. The number of nitrogens with two attached hydrogens (primary N) is 1. The first-order valence-corrected chi connectivity index (χ1v) is 6.05. The van der Waals surface area contributed by atoms with Gasteiger partial charge in [0.1, 0.15) is 5.75 Å². The maximum absolute atomic E-state index is 10.9. The Balaban J connectivity index is 2.01. The van der Waals surface area contributed by atoms with E-state index in [2.05, 4.69) is 5.32 Å². The van der Waals surface area contributed by atoms with Crippen LogP contribution in [0.5, 0.6) is 5.75 Å². The number of anilines is 1. The summed E-state index contributed by atoms with van der Waals surface area (Å²) >= 11 is 5.81. The van der Waals surface area contributed by atoms with Crippen molar-refractivity contribution < 1.29 is 9.90 Å². The zero-order valence-corrected chi connectivity index (χ0v) is 10.8. The van der Waals surface area contributed by atoms with Gasteiger partial charge in [0.15, 0.2) is 0 Å². The van der Waals surface area contributed by atoms with E-state index in [1.807, 2.05) is 12.1 Å². The van der Waals surface area contributed by atoms with E-state index in [-0.39, 0.29) is 5.75 Å². The third-order valence-electron chi connectivity index (χ3n) is 2.68. The molecule has 0 radical (unpaired) electrons. The van der Waals surface area contributed by atoms with Gasteiger partial charge in [0, 0.05) is 17.8 Å². The van der Waals surface area contributed by atoms with Gasteiger partial charge in [0.05, 0.1) is 5.02 Å². The third-order valence-corrected chi connectivity index (χ3v) is 2.99. The van der Waals surface area contributed by atoms with E-state index in [4.69, 9.17) is 17.3 Å². The molecule has 0 bridgehead atoms. The number of aromatic hydroxyl groups is 1. The molecule has 0 unspecified atom stereocenters. The van der Waals surface area contributed by atoms with Crippen LogP contribution in [-0.4, -0.2) is 11.0 Å². The Morgan fingerprint density at radius 3 is 2.47 bits per heavy atom. The highest BCUT2D eigenvalue weighted by Crippen LogP contribution is 2.26. The molecule has 4 N–H and O–H groups in total. The highest BCUT2D eigenvalue weighted by atomic mass is 35.5. The van der Waals surface area contributed by atoms with Crippen LogP contribution in [0.2, 0.25) is 5.02 Å². The molecule has 0 fully saturated rings. The number of hydrogen-bond acceptors (Lipinski definition) is 3. The van der Waals surface area contributed by atoms with Gasteiger partial charge in [-0.15, -0.1) is 0 Å². The van der Waals surface area contributed by atoms with Gasteiger partial charge >= 0.3 is 0 Å². The number of benzene rings is 2. The lowest BCUT2D eigenvalue weighted by Gasteiger charge is -2.08. The topological polar surface area (TPSA) is 75.4 Å². The average molecular weight is 277 g/mol. The van der Waals surface area contributed by atoms with Crippen LogP contribution in [0.3, 0.4) is 0 Å². The van der Waals surface area contributed by atoms with Crippen LogP contribution < -0.4 is 11.1 Å². The molecule has 1 amide bonds. The van der Waals surface area contributed by atoms with E-state index in [0.29, 0.717) is 17.1 Å². The van der Waals surface area contributed by atoms with Gasteiger partial charge in [0.25, 0.3) is 0 Å². The number of halogens is 1. The quantitative estimate of drug-likeness (QED) is 0.752. The van der Waals surface area contributed by atoms with Gasteiger partial charge in [-0.05, 0) is 35.9 Å². The number of nitrogens with one attached hydrogen (secondary N) is 1. The van der Waals surface area contributed by atoms with Gasteiger partial charge < -0.3 is 16.2 Å². The van der Waals surface area contributed by atoms with Gasteiger partial charge in [-0.3, -0.25) is 4.79 Å². The van der Waals surface area contributed by atoms with E-state index >= 15 is 0 Å². The lowest BCUT2D eigenvalue weighted by Crippen LogP contribution is -2.10. The molecule has 0 aliphatic rings. The molecule has 0 atom stereocenters. The van der Waals surface area contributed by atoms with Crippen molar-refractivity contribution in [1.82, 2.24) is 0 Å². The molecule has 0 saturated carbocycles. The number of phenolic OH excluding ortho intramolecular Hbond substituents is 1. The number of amides is 1. The Hall–Kier alpha value is -2.20. The summed E-state index contributed by atoms with van der Waals surface area (Å²) in [6.45, 7) is 0.583. The molecule has 0 aliphatic heterocycles. The second kappa shape index (κ2) is 5.63. The third kappa shape index (κ3) is 3.39. The number of primary amides is 1. The molecule has 98 valence electrons. The molecule has 19 heavy (non-hydrogen) atoms. The van der Waals surface area contributed by atoms with Crippen molar-refractivity contribution in [3.05, 3.63) is 58.6 Å². The minimum absolute atomic E-state index is 0.0537. The molecule has 4 nitrogen and oxygen atoms in total. The Morgan fingerprint density at radius 1 is 1.21 bits per heavy atom. The summed E-state index contributed by atoms with van der Waals surface area (Å²) in [5, 5.41) is 12.8. The monoisotopic (exact) mass is 276 g/mol. The molecular formula is C14H13ClN2O2. The highest BCUT2D eigenvalue weighted by Gasteiger charge is 2.01. The van der Waals surface area contributed by atoms with Crippen LogP contribution in [0.1, 0.15) is 15.9 Å². The van der Waals surface area contributed by atoms with Gasteiger partial charge in [0.2, 0.25) is 5.91 Å². The van der Waals surface area contributed by atoms with Crippen LogP contribution in [0, 0.1) is 0 Å². The van der Waals surface area contributed by atoms with E-state index in [1.54, 1.807) is 24.3 Å². The number of rotatable bonds is 4. The van der Waals surface area contributed by atoms with Crippen molar-refractivity contribution >= 4 is 23.2 Å². The zero-order chi connectivity index (χ0) is 13.8. The van der Waals surface area contributed by atoms with Crippen molar-refractivity contribution in [2.24, 2.45) is 5.73 Å². The zero-order valence-electron chi connectivity index (χ0n) is 10.1. The minimum Gasteiger partial charge on any atom is -0.506 e. The molecule has 2 aromatic carbocycles. The lowest BCUT2D eigenvalue weighted by molar-refractivity contribution is 0.100. The van der Waals surface area contributed by atoms with E-state index < -0.39 is 5.91 Å². The Bertz CT molecular complexity index is 597. The summed E-state index contributed by atoms with van der Waals surface area (Å²) < 4.78 is 0. The molecular weight excluding hydrogens is 264 g/mol. The highest BCUT2D eigenvalue weighted by molar-refractivity contribution is 6.32. The van der Waals surface area contributed by atoms with Gasteiger partial charge in [-0.2, -0.15) is 0 Å². The van der Waals surface area contributed by atoms with Crippen LogP contribution in [0.4, 0.5) is 5.69 Å². The van der Waals surface area contributed by atoms with E-state index in [9.17, 15) is 9.90 Å². The minimum atomic E-state index is -0.440. The van der Waals surface area contributed by atoms with E-state index in [0.717, 1.165) is 11.3 Å². The van der Waals surface area contributed by atoms with Crippen molar-refractivity contribution in [1.29, 1.82) is 0 Å². The van der Waals surface area contributed by atoms with E-state index in [1.165, 1.54) is 6.07 Å². The summed E-state index contributed by atoms with van der Waals surface area (Å²) in [6, 6.07) is 11.9. The molecule has 0 aliphatic carbocycles. The molecule has 2 aromatic rings. The Kier molecular flexibility index (Phi) is 3.92. The van der Waals surface area contributed by atoms with Crippen LogP contribution >= 0.6 is 11.6 Å². The summed E-state index contributed by atoms with van der Waals surface area (Å²) in [6.07, 6.45) is 0. The first-order valence-electron chi connectivity index (χ1n) is 5.67. The summed E-state index contributed by atoms with van der Waals surface area (Å²) in [5.41, 5.74) is 7.47. The number of carbonyl (C=O) groups is 1. The summed E-state index contributed by atoms with van der Waals surface area (Å²) in [7, 11) is 0. The SMILES string of the molecule is NC(=O)c1ccc(CNc2ccc(O)c(Cl)c2)cc1.